The largest absolute Gasteiger partial charge is 0.438 e. The summed E-state index contributed by atoms with van der Waals surface area (Å²) in [5, 5.41) is 4.24. The van der Waals surface area contributed by atoms with Crippen LogP contribution >= 0.6 is 11.6 Å². The highest BCUT2D eigenvalue weighted by Gasteiger charge is 2.01. The summed E-state index contributed by atoms with van der Waals surface area (Å²) >= 11 is 5.73. The first-order valence-electron chi connectivity index (χ1n) is 4.03. The van der Waals surface area contributed by atoms with E-state index >= 15 is 0 Å². The zero-order valence-corrected chi connectivity index (χ0v) is 7.91. The van der Waals surface area contributed by atoms with Crippen LogP contribution in [0.1, 0.15) is 11.4 Å². The van der Waals surface area contributed by atoms with Crippen molar-refractivity contribution < 1.29 is 4.52 Å². The molecule has 0 aliphatic carbocycles. The number of hydrogen-bond acceptors (Lipinski definition) is 3. The molecule has 14 heavy (non-hydrogen) atoms. The summed E-state index contributed by atoms with van der Waals surface area (Å²) in [6.07, 6.45) is 0.531. The molecule has 1 heterocycles. The van der Waals surface area contributed by atoms with Gasteiger partial charge in [0, 0.05) is 11.4 Å². The Morgan fingerprint density at radius 1 is 1.36 bits per heavy atom. The molecule has 0 fully saturated rings. The fourth-order valence-corrected chi connectivity index (χ4v) is 1.26. The highest BCUT2D eigenvalue weighted by molar-refractivity contribution is 6.30. The molecule has 0 radical (unpaired) electrons. The molecule has 0 aliphatic heterocycles. The van der Waals surface area contributed by atoms with Crippen LogP contribution < -0.4 is 5.76 Å². The van der Waals surface area contributed by atoms with Crippen LogP contribution in [0.5, 0.6) is 0 Å². The van der Waals surface area contributed by atoms with E-state index in [1.807, 2.05) is 12.1 Å². The van der Waals surface area contributed by atoms with Crippen LogP contribution in [-0.4, -0.2) is 10.1 Å². The molecule has 0 bridgehead atoms. The van der Waals surface area contributed by atoms with E-state index in [0.717, 1.165) is 5.56 Å². The maximum absolute atomic E-state index is 10.6. The number of aromatic nitrogens is 2. The van der Waals surface area contributed by atoms with Crippen molar-refractivity contribution in [3.05, 3.63) is 51.2 Å². The van der Waals surface area contributed by atoms with Crippen molar-refractivity contribution in [1.82, 2.24) is 10.1 Å². The van der Waals surface area contributed by atoms with Gasteiger partial charge >= 0.3 is 5.76 Å². The second kappa shape index (κ2) is 3.67. The van der Waals surface area contributed by atoms with Crippen molar-refractivity contribution in [3.63, 3.8) is 0 Å². The van der Waals surface area contributed by atoms with E-state index < -0.39 is 5.76 Å². The van der Waals surface area contributed by atoms with Crippen molar-refractivity contribution in [3.8, 4) is 0 Å². The van der Waals surface area contributed by atoms with Gasteiger partial charge in [-0.2, -0.15) is 0 Å². The number of aromatic amines is 1. The molecule has 72 valence electrons. The normalized spacial score (nSPS) is 10.4. The van der Waals surface area contributed by atoms with Crippen LogP contribution in [0, 0.1) is 0 Å². The lowest BCUT2D eigenvalue weighted by Gasteiger charge is -1.96. The molecule has 4 nitrogen and oxygen atoms in total. The standard InChI is InChI=1S/C9H7ClN2O2/c10-7-3-1-6(2-4-7)5-8-11-9(13)14-12-8/h1-4H,5H2,(H,11,12,13). The minimum atomic E-state index is -0.533. The Balaban J connectivity index is 2.19. The number of benzene rings is 1. The third kappa shape index (κ3) is 2.03. The first kappa shape index (κ1) is 9.02. The SMILES string of the molecule is O=c1[nH]c(Cc2ccc(Cl)cc2)no1. The molecule has 0 saturated carbocycles. The minimum Gasteiger partial charge on any atom is -0.296 e. The minimum absolute atomic E-state index is 0.511. The van der Waals surface area contributed by atoms with Crippen LogP contribution in [0.3, 0.4) is 0 Å². The number of H-pyrrole nitrogens is 1. The molecule has 1 aromatic carbocycles. The number of nitrogens with zero attached hydrogens (tertiary/aromatic N) is 1. The van der Waals surface area contributed by atoms with Gasteiger partial charge in [0.1, 0.15) is 0 Å². The summed E-state index contributed by atoms with van der Waals surface area (Å²) in [6.45, 7) is 0. The van der Waals surface area contributed by atoms with Gasteiger partial charge in [0.25, 0.3) is 0 Å². The quantitative estimate of drug-likeness (QED) is 0.819. The van der Waals surface area contributed by atoms with Crippen LogP contribution in [0.2, 0.25) is 5.02 Å². The maximum Gasteiger partial charge on any atom is 0.438 e. The molecule has 0 amide bonds. The van der Waals surface area contributed by atoms with Gasteiger partial charge in [0.15, 0.2) is 5.82 Å². The van der Waals surface area contributed by atoms with E-state index in [9.17, 15) is 4.79 Å². The molecule has 0 atom stereocenters. The van der Waals surface area contributed by atoms with Crippen molar-refractivity contribution >= 4 is 11.6 Å². The Morgan fingerprint density at radius 2 is 2.07 bits per heavy atom. The predicted octanol–water partition coefficient (Wildman–Crippen LogP) is 1.61. The lowest BCUT2D eigenvalue weighted by Crippen LogP contribution is -1.97. The average molecular weight is 211 g/mol. The van der Waals surface area contributed by atoms with E-state index in [4.69, 9.17) is 11.6 Å². The maximum atomic E-state index is 10.6. The summed E-state index contributed by atoms with van der Waals surface area (Å²) in [6, 6.07) is 7.31. The molecule has 0 unspecified atom stereocenters. The number of rotatable bonds is 2. The van der Waals surface area contributed by atoms with E-state index in [-0.39, 0.29) is 0 Å². The number of hydrogen-bond donors (Lipinski definition) is 1. The number of halogens is 1. The van der Waals surface area contributed by atoms with E-state index in [1.165, 1.54) is 0 Å². The summed E-state index contributed by atoms with van der Waals surface area (Å²) in [4.78, 5) is 13.1. The third-order valence-electron chi connectivity index (χ3n) is 1.77. The average Bonchev–Trinajstić information content (AvgIpc) is 2.56. The Hall–Kier alpha value is -1.55. The monoisotopic (exact) mass is 210 g/mol. The molecule has 1 aromatic heterocycles. The Kier molecular flexibility index (Phi) is 2.37. The molecule has 1 N–H and O–H groups in total. The van der Waals surface area contributed by atoms with Gasteiger partial charge in [-0.1, -0.05) is 28.9 Å². The summed E-state index contributed by atoms with van der Waals surface area (Å²) in [5.74, 6) is -0.0220. The van der Waals surface area contributed by atoms with Gasteiger partial charge in [-0.3, -0.25) is 9.51 Å². The van der Waals surface area contributed by atoms with Gasteiger partial charge in [-0.05, 0) is 17.7 Å². The lowest BCUT2D eigenvalue weighted by molar-refractivity contribution is 0.382. The zero-order valence-electron chi connectivity index (χ0n) is 7.16. The fourth-order valence-electron chi connectivity index (χ4n) is 1.13. The van der Waals surface area contributed by atoms with Gasteiger partial charge < -0.3 is 0 Å². The second-order valence-corrected chi connectivity index (χ2v) is 3.28. The Morgan fingerprint density at radius 3 is 2.64 bits per heavy atom. The molecule has 2 rings (SSSR count). The van der Waals surface area contributed by atoms with Crippen molar-refractivity contribution in [2.75, 3.05) is 0 Å². The van der Waals surface area contributed by atoms with Crippen LogP contribution in [-0.2, 0) is 6.42 Å². The van der Waals surface area contributed by atoms with Gasteiger partial charge in [0.2, 0.25) is 0 Å². The first-order chi connectivity index (χ1) is 6.74. The first-order valence-corrected chi connectivity index (χ1v) is 4.41. The van der Waals surface area contributed by atoms with Gasteiger partial charge in [-0.15, -0.1) is 0 Å². The van der Waals surface area contributed by atoms with Crippen molar-refractivity contribution in [2.45, 2.75) is 6.42 Å². The third-order valence-corrected chi connectivity index (χ3v) is 2.02. The summed E-state index contributed by atoms with van der Waals surface area (Å²) in [7, 11) is 0. The van der Waals surface area contributed by atoms with Crippen LogP contribution in [0.25, 0.3) is 0 Å². The molecular weight excluding hydrogens is 204 g/mol. The Labute approximate surface area is 84.5 Å². The van der Waals surface area contributed by atoms with E-state index in [2.05, 4.69) is 14.7 Å². The van der Waals surface area contributed by atoms with Gasteiger partial charge in [0.05, 0.1) is 0 Å². The smallest absolute Gasteiger partial charge is 0.296 e. The molecule has 2 aromatic rings. The van der Waals surface area contributed by atoms with Crippen molar-refractivity contribution in [2.24, 2.45) is 0 Å². The van der Waals surface area contributed by atoms with Gasteiger partial charge in [-0.25, -0.2) is 4.79 Å². The molecular formula is C9H7ClN2O2. The van der Waals surface area contributed by atoms with Crippen LogP contribution in [0.4, 0.5) is 0 Å². The fraction of sp³-hybridized carbons (Fsp3) is 0.111. The summed E-state index contributed by atoms with van der Waals surface area (Å²) in [5.41, 5.74) is 1.01. The van der Waals surface area contributed by atoms with Crippen molar-refractivity contribution in [1.29, 1.82) is 0 Å². The van der Waals surface area contributed by atoms with E-state index in [0.29, 0.717) is 17.3 Å². The number of nitrogens with one attached hydrogen (secondary N) is 1. The molecule has 0 aliphatic rings. The predicted molar refractivity (Wildman–Crippen MR) is 51.4 cm³/mol. The zero-order chi connectivity index (χ0) is 9.97. The summed E-state index contributed by atoms with van der Waals surface area (Å²) < 4.78 is 4.37. The second-order valence-electron chi connectivity index (χ2n) is 2.84. The highest BCUT2D eigenvalue weighted by atomic mass is 35.5. The lowest BCUT2D eigenvalue weighted by atomic mass is 10.1. The topological polar surface area (TPSA) is 58.9 Å². The van der Waals surface area contributed by atoms with E-state index in [1.54, 1.807) is 12.1 Å². The Bertz CT molecular complexity index is 472. The van der Waals surface area contributed by atoms with Crippen LogP contribution in [0.15, 0.2) is 33.6 Å². The molecule has 0 saturated heterocycles. The molecule has 5 heteroatoms. The molecule has 0 spiro atoms. The highest BCUT2D eigenvalue weighted by Crippen LogP contribution is 2.11.